The molecule has 0 N–H and O–H groups in total. The smallest absolute Gasteiger partial charge is 0.223 e. The van der Waals surface area contributed by atoms with Crippen molar-refractivity contribution in [2.75, 3.05) is 6.54 Å². The van der Waals surface area contributed by atoms with Crippen molar-refractivity contribution < 1.29 is 4.79 Å². The topological polar surface area (TPSA) is 38.1 Å². The monoisotopic (exact) mass is 363 g/mol. The van der Waals surface area contributed by atoms with E-state index in [1.54, 1.807) is 6.20 Å². The SMILES string of the molecule is Cc1ccc(-c2nccn2CC2CC(=O)N(C3CC3)C2)c(Cl)c1Cl. The first-order valence-electron chi connectivity index (χ1n) is 8.30. The van der Waals surface area contributed by atoms with Crippen molar-refractivity contribution in [3.05, 3.63) is 40.1 Å². The van der Waals surface area contributed by atoms with Gasteiger partial charge in [-0.15, -0.1) is 0 Å². The second-order valence-electron chi connectivity index (χ2n) is 6.81. The summed E-state index contributed by atoms with van der Waals surface area (Å²) in [6.45, 7) is 3.55. The molecule has 2 aromatic rings. The molecule has 1 unspecified atom stereocenters. The molecule has 1 aromatic heterocycles. The van der Waals surface area contributed by atoms with Crippen LogP contribution < -0.4 is 0 Å². The Balaban J connectivity index is 1.57. The summed E-state index contributed by atoms with van der Waals surface area (Å²) < 4.78 is 2.08. The second-order valence-corrected chi connectivity index (χ2v) is 7.56. The third-order valence-corrected chi connectivity index (χ3v) is 5.89. The zero-order chi connectivity index (χ0) is 16.8. The number of aromatic nitrogens is 2. The number of benzene rings is 1. The number of amides is 1. The van der Waals surface area contributed by atoms with Gasteiger partial charge < -0.3 is 9.47 Å². The molecule has 1 atom stereocenters. The molecule has 2 aliphatic rings. The third kappa shape index (κ3) is 2.82. The van der Waals surface area contributed by atoms with Gasteiger partial charge in [-0.05, 0) is 31.4 Å². The third-order valence-electron chi connectivity index (χ3n) is 4.91. The summed E-state index contributed by atoms with van der Waals surface area (Å²) in [5.41, 5.74) is 1.78. The Morgan fingerprint density at radius 2 is 2.04 bits per heavy atom. The van der Waals surface area contributed by atoms with Crippen LogP contribution in [-0.2, 0) is 11.3 Å². The van der Waals surface area contributed by atoms with Gasteiger partial charge in [-0.25, -0.2) is 4.98 Å². The Morgan fingerprint density at radius 1 is 1.25 bits per heavy atom. The first kappa shape index (κ1) is 16.0. The van der Waals surface area contributed by atoms with E-state index in [-0.39, 0.29) is 0 Å². The van der Waals surface area contributed by atoms with Gasteiger partial charge in [0, 0.05) is 49.4 Å². The zero-order valence-electron chi connectivity index (χ0n) is 13.5. The summed E-state index contributed by atoms with van der Waals surface area (Å²) in [5.74, 6) is 1.42. The molecule has 1 saturated carbocycles. The number of carbonyl (C=O) groups is 1. The van der Waals surface area contributed by atoms with Crippen molar-refractivity contribution in [3.63, 3.8) is 0 Å². The molecule has 126 valence electrons. The van der Waals surface area contributed by atoms with Gasteiger partial charge in [-0.1, -0.05) is 29.3 Å². The average molecular weight is 364 g/mol. The lowest BCUT2D eigenvalue weighted by atomic mass is 10.1. The van der Waals surface area contributed by atoms with Crippen molar-refractivity contribution in [1.29, 1.82) is 0 Å². The maximum Gasteiger partial charge on any atom is 0.223 e. The van der Waals surface area contributed by atoms with Crippen LogP contribution >= 0.6 is 23.2 Å². The molecule has 0 bridgehead atoms. The van der Waals surface area contributed by atoms with Crippen LogP contribution in [0.15, 0.2) is 24.5 Å². The molecule has 1 amide bonds. The minimum atomic E-state index is 0.292. The van der Waals surface area contributed by atoms with Crippen LogP contribution in [0.2, 0.25) is 10.0 Å². The molecule has 0 radical (unpaired) electrons. The molecule has 2 fully saturated rings. The number of halogens is 2. The van der Waals surface area contributed by atoms with E-state index in [2.05, 4.69) is 14.5 Å². The minimum absolute atomic E-state index is 0.292. The standard InChI is InChI=1S/C18H19Cl2N3O/c1-11-2-5-14(17(20)16(11)19)18-21-6-7-22(18)9-12-8-15(24)23(10-12)13-3-4-13/h2,5-7,12-13H,3-4,8-10H2,1H3. The largest absolute Gasteiger partial charge is 0.339 e. The van der Waals surface area contributed by atoms with Gasteiger partial charge in [0.2, 0.25) is 5.91 Å². The van der Waals surface area contributed by atoms with E-state index in [1.807, 2.05) is 25.3 Å². The van der Waals surface area contributed by atoms with E-state index in [1.165, 1.54) is 0 Å². The van der Waals surface area contributed by atoms with Gasteiger partial charge in [0.25, 0.3) is 0 Å². The van der Waals surface area contributed by atoms with Gasteiger partial charge in [-0.3, -0.25) is 4.79 Å². The summed E-state index contributed by atoms with van der Waals surface area (Å²) in [5, 5.41) is 1.10. The van der Waals surface area contributed by atoms with Crippen LogP contribution in [0.4, 0.5) is 0 Å². The molecule has 4 rings (SSSR count). The Bertz CT molecular complexity index is 798. The van der Waals surface area contributed by atoms with Crippen LogP contribution in [0.5, 0.6) is 0 Å². The number of hydrogen-bond acceptors (Lipinski definition) is 2. The van der Waals surface area contributed by atoms with Gasteiger partial charge in [-0.2, -0.15) is 0 Å². The first-order valence-corrected chi connectivity index (χ1v) is 9.05. The first-order chi connectivity index (χ1) is 11.5. The van der Waals surface area contributed by atoms with Gasteiger partial charge in [0.15, 0.2) is 0 Å². The predicted octanol–water partition coefficient (Wildman–Crippen LogP) is 4.18. The molecule has 1 aliphatic carbocycles. The average Bonchev–Trinajstić information content (AvgIpc) is 3.20. The van der Waals surface area contributed by atoms with Gasteiger partial charge in [0.05, 0.1) is 10.0 Å². The fourth-order valence-corrected chi connectivity index (χ4v) is 3.93. The Morgan fingerprint density at radius 3 is 2.79 bits per heavy atom. The molecule has 4 nitrogen and oxygen atoms in total. The number of imidazole rings is 1. The van der Waals surface area contributed by atoms with E-state index in [9.17, 15) is 4.79 Å². The highest BCUT2D eigenvalue weighted by atomic mass is 35.5. The zero-order valence-corrected chi connectivity index (χ0v) is 15.0. The number of hydrogen-bond donors (Lipinski definition) is 0. The molecule has 0 spiro atoms. The number of carbonyl (C=O) groups excluding carboxylic acids is 1. The molecule has 2 heterocycles. The van der Waals surface area contributed by atoms with Crippen LogP contribution in [0, 0.1) is 12.8 Å². The van der Waals surface area contributed by atoms with Crippen molar-refractivity contribution in [2.24, 2.45) is 5.92 Å². The van der Waals surface area contributed by atoms with Crippen molar-refractivity contribution >= 4 is 29.1 Å². The Kier molecular flexibility index (Phi) is 4.05. The van der Waals surface area contributed by atoms with Crippen LogP contribution in [0.25, 0.3) is 11.4 Å². The molecule has 24 heavy (non-hydrogen) atoms. The lowest BCUT2D eigenvalue weighted by molar-refractivity contribution is -0.128. The number of aryl methyl sites for hydroxylation is 1. The summed E-state index contributed by atoms with van der Waals surface area (Å²) in [6, 6.07) is 4.41. The maximum atomic E-state index is 12.1. The number of rotatable bonds is 4. The molecular weight excluding hydrogens is 345 g/mol. The van der Waals surface area contributed by atoms with E-state index >= 15 is 0 Å². The molecule has 1 saturated heterocycles. The molecule has 1 aromatic carbocycles. The van der Waals surface area contributed by atoms with Crippen molar-refractivity contribution in [2.45, 2.75) is 38.8 Å². The van der Waals surface area contributed by atoms with E-state index in [4.69, 9.17) is 23.2 Å². The summed E-state index contributed by atoms with van der Waals surface area (Å²) in [7, 11) is 0. The lowest BCUT2D eigenvalue weighted by Gasteiger charge is -2.17. The highest BCUT2D eigenvalue weighted by molar-refractivity contribution is 6.44. The molecule has 1 aliphatic heterocycles. The highest BCUT2D eigenvalue weighted by Gasteiger charge is 2.39. The fourth-order valence-electron chi connectivity index (χ4n) is 3.47. The van der Waals surface area contributed by atoms with E-state index < -0.39 is 0 Å². The number of likely N-dealkylation sites (tertiary alicyclic amines) is 1. The summed E-state index contributed by atoms with van der Waals surface area (Å²) >= 11 is 12.7. The Hall–Kier alpha value is -1.52. The van der Waals surface area contributed by atoms with Crippen molar-refractivity contribution in [3.8, 4) is 11.4 Å². The fraction of sp³-hybridized carbons (Fsp3) is 0.444. The normalized spacial score (nSPS) is 20.9. The van der Waals surface area contributed by atoms with Crippen LogP contribution in [0.1, 0.15) is 24.8 Å². The second kappa shape index (κ2) is 6.08. The maximum absolute atomic E-state index is 12.1. The van der Waals surface area contributed by atoms with Gasteiger partial charge >= 0.3 is 0 Å². The lowest BCUT2D eigenvalue weighted by Crippen LogP contribution is -2.27. The van der Waals surface area contributed by atoms with Crippen molar-refractivity contribution in [1.82, 2.24) is 14.5 Å². The summed E-state index contributed by atoms with van der Waals surface area (Å²) in [4.78, 5) is 18.7. The summed E-state index contributed by atoms with van der Waals surface area (Å²) in [6.07, 6.45) is 6.66. The van der Waals surface area contributed by atoms with Crippen LogP contribution in [-0.4, -0.2) is 32.9 Å². The highest BCUT2D eigenvalue weighted by Crippen LogP contribution is 2.36. The van der Waals surface area contributed by atoms with E-state index in [0.717, 1.165) is 42.9 Å². The van der Waals surface area contributed by atoms with Crippen LogP contribution in [0.3, 0.4) is 0 Å². The Labute approximate surface area is 151 Å². The number of nitrogens with zero attached hydrogens (tertiary/aromatic N) is 3. The van der Waals surface area contributed by atoms with Gasteiger partial charge in [0.1, 0.15) is 5.82 Å². The van der Waals surface area contributed by atoms with E-state index in [0.29, 0.717) is 34.3 Å². The molecular formula is C18H19Cl2N3O. The minimum Gasteiger partial charge on any atom is -0.339 e. The quantitative estimate of drug-likeness (QED) is 0.817. The predicted molar refractivity (Wildman–Crippen MR) is 95.3 cm³/mol. The molecule has 6 heteroatoms.